The average molecular weight is 209 g/mol. The predicted octanol–water partition coefficient (Wildman–Crippen LogP) is 3.05. The number of hydrogen-bond donors (Lipinski definition) is 1. The summed E-state index contributed by atoms with van der Waals surface area (Å²) in [5.41, 5.74) is 2.28. The Balaban J connectivity index is 0.000000531. The van der Waals surface area contributed by atoms with Crippen molar-refractivity contribution >= 4 is 11.6 Å². The molecule has 0 unspecified atom stereocenters. The molecule has 0 bridgehead atoms. The normalized spacial score (nSPS) is 13.5. The van der Waals surface area contributed by atoms with Crippen LogP contribution in [-0.4, -0.2) is 5.91 Å². The second kappa shape index (κ2) is 4.91. The number of anilines is 1. The highest BCUT2D eigenvalue weighted by atomic mass is 19.1. The molecule has 0 fully saturated rings. The molecule has 0 atom stereocenters. The average Bonchev–Trinajstić information content (AvgIpc) is 2.23. The smallest absolute Gasteiger partial charge is 0.224 e. The van der Waals surface area contributed by atoms with Crippen LogP contribution in [0, 0.1) is 12.7 Å². The van der Waals surface area contributed by atoms with Crippen LogP contribution in [0.2, 0.25) is 0 Å². The zero-order valence-corrected chi connectivity index (χ0v) is 9.36. The van der Waals surface area contributed by atoms with E-state index in [0.717, 1.165) is 5.56 Å². The van der Waals surface area contributed by atoms with Gasteiger partial charge >= 0.3 is 0 Å². The number of nitrogens with one attached hydrogen (secondary N) is 1. The fourth-order valence-electron chi connectivity index (χ4n) is 1.53. The van der Waals surface area contributed by atoms with Crippen molar-refractivity contribution < 1.29 is 9.18 Å². The highest BCUT2D eigenvalue weighted by Crippen LogP contribution is 2.25. The maximum absolute atomic E-state index is 13.1. The minimum absolute atomic E-state index is 0.0317. The molecular weight excluding hydrogens is 193 g/mol. The molecule has 0 spiro atoms. The number of carbonyl (C=O) groups excluding carboxylic acids is 1. The maximum atomic E-state index is 13.1. The molecule has 0 saturated carbocycles. The molecule has 1 aromatic rings. The van der Waals surface area contributed by atoms with Crippen molar-refractivity contribution in [3.63, 3.8) is 0 Å². The number of rotatable bonds is 0. The molecule has 1 aliphatic heterocycles. The lowest BCUT2D eigenvalue weighted by molar-refractivity contribution is -0.116. The molecule has 2 nitrogen and oxygen atoms in total. The van der Waals surface area contributed by atoms with E-state index in [1.807, 2.05) is 13.8 Å². The van der Waals surface area contributed by atoms with Crippen LogP contribution in [0.4, 0.5) is 10.1 Å². The van der Waals surface area contributed by atoms with Gasteiger partial charge in [-0.15, -0.1) is 0 Å². The molecule has 3 heteroatoms. The largest absolute Gasteiger partial charge is 0.326 e. The molecule has 1 amide bonds. The number of fused-ring (bicyclic) bond motifs is 1. The fraction of sp³-hybridized carbons (Fsp3) is 0.417. The van der Waals surface area contributed by atoms with Crippen LogP contribution in [0.3, 0.4) is 0 Å². The molecule has 2 rings (SSSR count). The molecule has 1 N–H and O–H groups in total. The topological polar surface area (TPSA) is 29.1 Å². The van der Waals surface area contributed by atoms with Gasteiger partial charge in [0.2, 0.25) is 5.91 Å². The fourth-order valence-corrected chi connectivity index (χ4v) is 1.53. The first-order chi connectivity index (χ1) is 7.16. The zero-order valence-electron chi connectivity index (χ0n) is 9.36. The van der Waals surface area contributed by atoms with E-state index in [4.69, 9.17) is 0 Å². The summed E-state index contributed by atoms with van der Waals surface area (Å²) in [5, 5.41) is 2.65. The van der Waals surface area contributed by atoms with E-state index in [1.165, 1.54) is 6.07 Å². The van der Waals surface area contributed by atoms with Crippen LogP contribution in [0.5, 0.6) is 0 Å². The summed E-state index contributed by atoms with van der Waals surface area (Å²) in [5.74, 6) is -0.295. The van der Waals surface area contributed by atoms with E-state index in [-0.39, 0.29) is 11.7 Å². The molecule has 0 aliphatic carbocycles. The van der Waals surface area contributed by atoms with Crippen molar-refractivity contribution in [1.82, 2.24) is 0 Å². The molecule has 15 heavy (non-hydrogen) atoms. The van der Waals surface area contributed by atoms with E-state index in [2.05, 4.69) is 5.32 Å². The summed E-state index contributed by atoms with van der Waals surface area (Å²) in [4.78, 5) is 11.0. The Morgan fingerprint density at radius 1 is 1.27 bits per heavy atom. The molecule has 82 valence electrons. The Morgan fingerprint density at radius 3 is 2.60 bits per heavy atom. The molecule has 0 radical (unpaired) electrons. The van der Waals surface area contributed by atoms with E-state index in [0.29, 0.717) is 24.1 Å². The molecule has 0 saturated heterocycles. The first-order valence-electron chi connectivity index (χ1n) is 5.25. The first-order valence-corrected chi connectivity index (χ1v) is 5.25. The van der Waals surface area contributed by atoms with Crippen molar-refractivity contribution in [3.8, 4) is 0 Å². The maximum Gasteiger partial charge on any atom is 0.224 e. The first kappa shape index (κ1) is 11.7. The van der Waals surface area contributed by atoms with Crippen LogP contribution in [-0.2, 0) is 11.2 Å². The number of halogens is 1. The third-order valence-electron chi connectivity index (χ3n) is 2.28. The lowest BCUT2D eigenvalue weighted by Crippen LogP contribution is -2.19. The van der Waals surface area contributed by atoms with E-state index in [9.17, 15) is 9.18 Å². The standard InChI is InChI=1S/C10H10FNO.C2H6/c1-6-4-7-2-3-10(13)12-9(7)5-8(6)11;1-2/h4-5H,2-3H2,1H3,(H,12,13);1-2H3. The number of hydrogen-bond acceptors (Lipinski definition) is 1. The Hall–Kier alpha value is -1.38. The third-order valence-corrected chi connectivity index (χ3v) is 2.28. The Morgan fingerprint density at radius 2 is 1.93 bits per heavy atom. The van der Waals surface area contributed by atoms with Gasteiger partial charge in [0.15, 0.2) is 0 Å². The van der Waals surface area contributed by atoms with Crippen LogP contribution >= 0.6 is 0 Å². The Kier molecular flexibility index (Phi) is 3.83. The highest BCUT2D eigenvalue weighted by molar-refractivity contribution is 5.93. The van der Waals surface area contributed by atoms with E-state index < -0.39 is 0 Å². The second-order valence-electron chi connectivity index (χ2n) is 3.31. The van der Waals surface area contributed by atoms with Gasteiger partial charge in [-0.25, -0.2) is 4.39 Å². The predicted molar refractivity (Wildman–Crippen MR) is 59.4 cm³/mol. The summed E-state index contributed by atoms with van der Waals surface area (Å²) < 4.78 is 13.1. The number of carbonyl (C=O) groups is 1. The van der Waals surface area contributed by atoms with E-state index in [1.54, 1.807) is 13.0 Å². The molecule has 0 aromatic heterocycles. The molecule has 1 heterocycles. The Labute approximate surface area is 89.5 Å². The summed E-state index contributed by atoms with van der Waals surface area (Å²) in [6.45, 7) is 5.73. The van der Waals surface area contributed by atoms with Crippen molar-refractivity contribution in [2.75, 3.05) is 5.32 Å². The van der Waals surface area contributed by atoms with Gasteiger partial charge in [0.25, 0.3) is 0 Å². The summed E-state index contributed by atoms with van der Waals surface area (Å²) >= 11 is 0. The van der Waals surface area contributed by atoms with Crippen molar-refractivity contribution in [3.05, 3.63) is 29.1 Å². The summed E-state index contributed by atoms with van der Waals surface area (Å²) in [6.07, 6.45) is 1.21. The minimum atomic E-state index is -0.263. The third kappa shape index (κ3) is 2.55. The van der Waals surface area contributed by atoms with Gasteiger partial charge < -0.3 is 5.32 Å². The van der Waals surface area contributed by atoms with Gasteiger partial charge in [0.1, 0.15) is 5.82 Å². The number of aryl methyl sites for hydroxylation is 2. The summed E-state index contributed by atoms with van der Waals surface area (Å²) in [6, 6.07) is 3.19. The van der Waals surface area contributed by atoms with Gasteiger partial charge in [0, 0.05) is 12.1 Å². The van der Waals surface area contributed by atoms with Crippen LogP contribution in [0.15, 0.2) is 12.1 Å². The van der Waals surface area contributed by atoms with Crippen molar-refractivity contribution in [2.45, 2.75) is 33.6 Å². The Bertz CT molecular complexity index is 374. The molecule has 1 aliphatic rings. The highest BCUT2D eigenvalue weighted by Gasteiger charge is 2.15. The monoisotopic (exact) mass is 209 g/mol. The van der Waals surface area contributed by atoms with Crippen molar-refractivity contribution in [2.24, 2.45) is 0 Å². The minimum Gasteiger partial charge on any atom is -0.326 e. The van der Waals surface area contributed by atoms with E-state index >= 15 is 0 Å². The van der Waals surface area contributed by atoms with Gasteiger partial charge in [-0.1, -0.05) is 19.9 Å². The second-order valence-corrected chi connectivity index (χ2v) is 3.31. The van der Waals surface area contributed by atoms with Crippen LogP contribution in [0.1, 0.15) is 31.4 Å². The van der Waals surface area contributed by atoms with Gasteiger partial charge in [-0.05, 0) is 30.5 Å². The molecular formula is C12H16FNO. The zero-order chi connectivity index (χ0) is 11.4. The molecule has 1 aromatic carbocycles. The SMILES string of the molecule is CC.Cc1cc2c(cc1F)NC(=O)CC2. The lowest BCUT2D eigenvalue weighted by Gasteiger charge is -2.17. The summed E-state index contributed by atoms with van der Waals surface area (Å²) in [7, 11) is 0. The van der Waals surface area contributed by atoms with Crippen LogP contribution < -0.4 is 5.32 Å². The van der Waals surface area contributed by atoms with Crippen LogP contribution in [0.25, 0.3) is 0 Å². The lowest BCUT2D eigenvalue weighted by atomic mass is 10.0. The number of benzene rings is 1. The number of amides is 1. The quantitative estimate of drug-likeness (QED) is 0.699. The van der Waals surface area contributed by atoms with Gasteiger partial charge in [0.05, 0.1) is 0 Å². The van der Waals surface area contributed by atoms with Gasteiger partial charge in [-0.3, -0.25) is 4.79 Å². The van der Waals surface area contributed by atoms with Crippen molar-refractivity contribution in [1.29, 1.82) is 0 Å². The van der Waals surface area contributed by atoms with Gasteiger partial charge in [-0.2, -0.15) is 0 Å².